The molecule has 2 aliphatic rings. The van der Waals surface area contributed by atoms with Gasteiger partial charge in [-0.2, -0.15) is 13.2 Å². The summed E-state index contributed by atoms with van der Waals surface area (Å²) >= 11 is 0. The Morgan fingerprint density at radius 2 is 1.71 bits per heavy atom. The van der Waals surface area contributed by atoms with Crippen LogP contribution in [0.5, 0.6) is 0 Å². The molecule has 1 aliphatic carbocycles. The number of aromatic amines is 1. The third-order valence-electron chi connectivity index (χ3n) is 8.48. The highest BCUT2D eigenvalue weighted by molar-refractivity contribution is 7.89. The number of rotatable bonds is 6. The molecule has 13 heteroatoms. The second-order valence-corrected chi connectivity index (χ2v) is 13.0. The van der Waals surface area contributed by atoms with Crippen molar-refractivity contribution in [1.29, 1.82) is 0 Å². The van der Waals surface area contributed by atoms with Crippen molar-refractivity contribution in [1.82, 2.24) is 14.9 Å². The van der Waals surface area contributed by atoms with E-state index in [-0.39, 0.29) is 29.1 Å². The number of nitrogens with zero attached hydrogens (tertiary/aromatic N) is 2. The molecule has 45 heavy (non-hydrogen) atoms. The average Bonchev–Trinajstić information content (AvgIpc) is 3.85. The van der Waals surface area contributed by atoms with Crippen LogP contribution < -0.4 is 10.7 Å². The number of aliphatic hydroxyl groups is 1. The number of hydrogen-bond donors (Lipinski definition) is 3. The Kier molecular flexibility index (Phi) is 7.66. The molecule has 0 unspecified atom stereocenters. The molecule has 9 nitrogen and oxygen atoms in total. The highest BCUT2D eigenvalue weighted by Crippen LogP contribution is 2.52. The van der Waals surface area contributed by atoms with Gasteiger partial charge >= 0.3 is 6.18 Å². The monoisotopic (exact) mass is 638 g/mol. The number of nitrogens with two attached hydrogens (primary N) is 1. The van der Waals surface area contributed by atoms with Gasteiger partial charge in [0.05, 0.1) is 33.7 Å². The van der Waals surface area contributed by atoms with Gasteiger partial charge in [0.1, 0.15) is 5.82 Å². The number of carbonyl (C=O) groups is 1. The number of aliphatic hydroxyl groups excluding tert-OH is 1. The number of fused-ring (bicyclic) bond motifs is 1. The van der Waals surface area contributed by atoms with E-state index in [0.717, 1.165) is 42.2 Å². The van der Waals surface area contributed by atoms with E-state index in [9.17, 15) is 36.3 Å². The molecule has 0 spiro atoms. The molecule has 6 rings (SSSR count). The Bertz CT molecular complexity index is 1970. The summed E-state index contributed by atoms with van der Waals surface area (Å²) in [6, 6.07) is 17.9. The van der Waals surface area contributed by atoms with Crippen molar-refractivity contribution >= 4 is 15.9 Å². The lowest BCUT2D eigenvalue weighted by Crippen LogP contribution is -2.36. The smallest absolute Gasteiger partial charge is 0.378 e. The number of aryl methyl sites for hydroxylation is 1. The van der Waals surface area contributed by atoms with Crippen molar-refractivity contribution < 1.29 is 31.5 Å². The number of H-pyrrole nitrogens is 1. The summed E-state index contributed by atoms with van der Waals surface area (Å²) in [5, 5.41) is 16.0. The van der Waals surface area contributed by atoms with E-state index < -0.39 is 44.7 Å². The van der Waals surface area contributed by atoms with Crippen molar-refractivity contribution in [2.24, 2.45) is 5.14 Å². The number of alkyl halides is 3. The van der Waals surface area contributed by atoms with Crippen molar-refractivity contribution in [2.45, 2.75) is 54.8 Å². The lowest BCUT2D eigenvalue weighted by atomic mass is 9.91. The molecular formula is C32H29F3N4O5S. The highest BCUT2D eigenvalue weighted by Gasteiger charge is 2.49. The highest BCUT2D eigenvalue weighted by atomic mass is 32.2. The molecule has 0 saturated heterocycles. The Balaban J connectivity index is 1.27. The first-order valence-electron chi connectivity index (χ1n) is 14.3. The Labute approximate surface area is 256 Å². The maximum Gasteiger partial charge on any atom is 0.416 e. The minimum atomic E-state index is -4.63. The van der Waals surface area contributed by atoms with Crippen LogP contribution in [-0.2, 0) is 39.4 Å². The third-order valence-corrected chi connectivity index (χ3v) is 9.39. The number of nitrogens with one attached hydrogen (secondary N) is 1. The fourth-order valence-corrected chi connectivity index (χ4v) is 6.43. The van der Waals surface area contributed by atoms with Crippen LogP contribution in [0.3, 0.4) is 0 Å². The molecule has 4 N–H and O–H groups in total. The number of halogens is 3. The second-order valence-electron chi connectivity index (χ2n) is 11.5. The quantitative estimate of drug-likeness (QED) is 0.289. The van der Waals surface area contributed by atoms with Crippen LogP contribution in [-0.4, -0.2) is 40.8 Å². The van der Waals surface area contributed by atoms with Crippen LogP contribution in [0, 0.1) is 0 Å². The van der Waals surface area contributed by atoms with E-state index in [1.165, 1.54) is 23.1 Å². The van der Waals surface area contributed by atoms with Crippen molar-refractivity contribution in [3.8, 4) is 11.1 Å². The molecule has 0 radical (unpaired) electrons. The van der Waals surface area contributed by atoms with Gasteiger partial charge in [0, 0.05) is 6.54 Å². The van der Waals surface area contributed by atoms with E-state index in [1.54, 1.807) is 12.1 Å². The summed E-state index contributed by atoms with van der Waals surface area (Å²) < 4.78 is 63.3. The number of sulfonamides is 1. The Morgan fingerprint density at radius 1 is 1.02 bits per heavy atom. The van der Waals surface area contributed by atoms with Gasteiger partial charge in [-0.05, 0) is 72.2 Å². The minimum absolute atomic E-state index is 0.00171. The molecule has 4 aromatic rings. The van der Waals surface area contributed by atoms with Gasteiger partial charge in [0.2, 0.25) is 10.0 Å². The van der Waals surface area contributed by atoms with E-state index in [0.29, 0.717) is 29.9 Å². The van der Waals surface area contributed by atoms with Gasteiger partial charge in [-0.1, -0.05) is 48.5 Å². The zero-order valence-corrected chi connectivity index (χ0v) is 24.7. The number of carbonyl (C=O) groups excluding carboxylic acids is 1. The molecule has 1 fully saturated rings. The molecule has 1 aromatic heterocycles. The number of benzene rings is 3. The first-order valence-corrected chi connectivity index (χ1v) is 15.8. The molecule has 1 amide bonds. The normalized spacial score (nSPS) is 16.9. The number of hydrogen-bond acceptors (Lipinski definition) is 6. The lowest BCUT2D eigenvalue weighted by molar-refractivity contribution is -0.142. The first-order chi connectivity index (χ1) is 21.3. The molecule has 2 heterocycles. The van der Waals surface area contributed by atoms with E-state index in [1.807, 2.05) is 24.3 Å². The van der Waals surface area contributed by atoms with E-state index >= 15 is 0 Å². The maximum absolute atomic E-state index is 13.4. The van der Waals surface area contributed by atoms with Crippen molar-refractivity contribution in [2.75, 3.05) is 6.54 Å². The van der Waals surface area contributed by atoms with E-state index in [4.69, 9.17) is 10.1 Å². The Morgan fingerprint density at radius 3 is 2.40 bits per heavy atom. The zero-order chi connectivity index (χ0) is 32.1. The first kappa shape index (κ1) is 30.7. The Hall–Kier alpha value is -4.33. The zero-order valence-electron chi connectivity index (χ0n) is 23.8. The van der Waals surface area contributed by atoms with E-state index in [2.05, 4.69) is 4.98 Å². The van der Waals surface area contributed by atoms with Gasteiger partial charge in [-0.3, -0.25) is 9.59 Å². The molecule has 1 saturated carbocycles. The van der Waals surface area contributed by atoms with Gasteiger partial charge < -0.3 is 15.0 Å². The predicted octanol–water partition coefficient (Wildman–Crippen LogP) is 4.19. The number of amides is 1. The lowest BCUT2D eigenvalue weighted by Gasteiger charge is -2.24. The van der Waals surface area contributed by atoms with Gasteiger partial charge in [-0.25, -0.2) is 18.5 Å². The summed E-state index contributed by atoms with van der Waals surface area (Å²) in [6.45, 7) is 0.0421. The van der Waals surface area contributed by atoms with Crippen LogP contribution in [0.25, 0.3) is 11.1 Å². The second kappa shape index (κ2) is 11.2. The fraction of sp³-hybridized carbons (Fsp3) is 0.281. The summed E-state index contributed by atoms with van der Waals surface area (Å²) in [7, 11) is -3.88. The molecule has 0 bridgehead atoms. The van der Waals surface area contributed by atoms with Crippen LogP contribution in [0.4, 0.5) is 13.2 Å². The number of primary sulfonamides is 1. The van der Waals surface area contributed by atoms with Crippen LogP contribution in [0.1, 0.15) is 59.1 Å². The molecule has 234 valence electrons. The van der Waals surface area contributed by atoms with Crippen molar-refractivity contribution in [3.63, 3.8) is 0 Å². The standard InChI is InChI=1S/C32H29F3N4O5S/c33-32(34,35)23-9-2-7-21(16-23)27(40)29(42)39-14-4-11-26-25(18-39)28(41)38-30(37-26)31(12-13-31)22-8-1-5-19(15-22)20-6-3-10-24(17-20)45(36,43)44/h1-3,5-10,15-17,27,40H,4,11-14,18H2,(H2,36,43,44)(H,37,38,41)/t27-/m1/s1. The predicted molar refractivity (Wildman–Crippen MR) is 158 cm³/mol. The van der Waals surface area contributed by atoms with Gasteiger partial charge in [0.25, 0.3) is 11.5 Å². The summed E-state index contributed by atoms with van der Waals surface area (Å²) in [6.07, 6.45) is -4.17. The third kappa shape index (κ3) is 6.02. The SMILES string of the molecule is NS(=O)(=O)c1cccc(-c2cccc(C3(c4nc5c(c(=O)[nH]4)CN(C(=O)[C@H](O)c4cccc(C(F)(F)F)c4)CCC5)CC3)c2)c1. The van der Waals surface area contributed by atoms with Crippen molar-refractivity contribution in [3.05, 3.63) is 117 Å². The average molecular weight is 639 g/mol. The maximum atomic E-state index is 13.4. The van der Waals surface area contributed by atoms with Gasteiger partial charge in [-0.15, -0.1) is 0 Å². The largest absolute Gasteiger partial charge is 0.416 e. The van der Waals surface area contributed by atoms with Crippen LogP contribution in [0.15, 0.2) is 82.5 Å². The summed E-state index contributed by atoms with van der Waals surface area (Å²) in [4.78, 5) is 35.7. The van der Waals surface area contributed by atoms with Gasteiger partial charge in [0.15, 0.2) is 6.10 Å². The fourth-order valence-electron chi connectivity index (χ4n) is 5.87. The molecule has 3 aromatic carbocycles. The molecule has 1 aliphatic heterocycles. The molecular weight excluding hydrogens is 609 g/mol. The topological polar surface area (TPSA) is 146 Å². The minimum Gasteiger partial charge on any atom is -0.378 e. The molecule has 1 atom stereocenters. The summed E-state index contributed by atoms with van der Waals surface area (Å²) in [5.41, 5.74) is 1.00. The van der Waals surface area contributed by atoms with Crippen LogP contribution >= 0.6 is 0 Å². The summed E-state index contributed by atoms with van der Waals surface area (Å²) in [5.74, 6) is -0.307. The number of aromatic nitrogens is 2. The van der Waals surface area contributed by atoms with Crippen LogP contribution in [0.2, 0.25) is 0 Å².